The Bertz CT molecular complexity index is 1260. The van der Waals surface area contributed by atoms with E-state index < -0.39 is 28.9 Å². The zero-order valence-corrected chi connectivity index (χ0v) is 18.0. The summed E-state index contributed by atoms with van der Waals surface area (Å²) in [5, 5.41) is 0.315. The number of fused-ring (bicyclic) bond motifs is 1. The summed E-state index contributed by atoms with van der Waals surface area (Å²) in [4.78, 5) is 40.1. The third-order valence-corrected chi connectivity index (χ3v) is 5.29. The number of hydrogen-bond acceptors (Lipinski definition) is 3. The maximum absolute atomic E-state index is 13.2. The molecule has 0 atom stereocenters. The van der Waals surface area contributed by atoms with Gasteiger partial charge in [-0.15, -0.1) is 0 Å². The van der Waals surface area contributed by atoms with Gasteiger partial charge in [-0.05, 0) is 50.6 Å². The first-order chi connectivity index (χ1) is 15.0. The summed E-state index contributed by atoms with van der Waals surface area (Å²) in [6.07, 6.45) is -4.48. The Hall–Kier alpha value is -3.36. The lowest BCUT2D eigenvalue weighted by Crippen LogP contribution is -2.44. The molecule has 0 bridgehead atoms. The summed E-state index contributed by atoms with van der Waals surface area (Å²) in [5.41, 5.74) is -1.15. The molecule has 0 aliphatic rings. The lowest BCUT2D eigenvalue weighted by molar-refractivity contribution is -0.137. The highest BCUT2D eigenvalue weighted by Gasteiger charge is 2.30. The molecule has 0 fully saturated rings. The van der Waals surface area contributed by atoms with Gasteiger partial charge in [0.05, 0.1) is 16.5 Å². The van der Waals surface area contributed by atoms with E-state index in [1.165, 1.54) is 21.6 Å². The van der Waals surface area contributed by atoms with E-state index >= 15 is 0 Å². The van der Waals surface area contributed by atoms with Crippen LogP contribution in [0.4, 0.5) is 13.2 Å². The summed E-state index contributed by atoms with van der Waals surface area (Å²) in [7, 11) is 0. The van der Waals surface area contributed by atoms with E-state index in [4.69, 9.17) is 0 Å². The molecule has 0 spiro atoms. The van der Waals surface area contributed by atoms with Gasteiger partial charge in [0.2, 0.25) is 5.91 Å². The molecule has 2 aromatic carbocycles. The quantitative estimate of drug-likeness (QED) is 0.580. The largest absolute Gasteiger partial charge is 0.416 e. The van der Waals surface area contributed by atoms with Crippen LogP contribution >= 0.6 is 0 Å². The lowest BCUT2D eigenvalue weighted by Gasteiger charge is -2.28. The maximum Gasteiger partial charge on any atom is 0.416 e. The van der Waals surface area contributed by atoms with Gasteiger partial charge in [-0.1, -0.05) is 24.3 Å². The molecule has 0 saturated heterocycles. The van der Waals surface area contributed by atoms with Crippen molar-refractivity contribution < 1.29 is 18.0 Å². The van der Waals surface area contributed by atoms with Crippen molar-refractivity contribution in [3.63, 3.8) is 0 Å². The molecule has 3 aromatic rings. The number of hydrogen-bond donors (Lipinski definition) is 0. The van der Waals surface area contributed by atoms with E-state index in [1.807, 2.05) is 0 Å². The molecular weight excluding hydrogens is 423 g/mol. The first kappa shape index (κ1) is 23.3. The van der Waals surface area contributed by atoms with Crippen LogP contribution in [0.25, 0.3) is 10.9 Å². The molecule has 0 N–H and O–H groups in total. The topological polar surface area (TPSA) is 64.3 Å². The molecule has 3 rings (SSSR count). The summed E-state index contributed by atoms with van der Waals surface area (Å²) < 4.78 is 41.5. The van der Waals surface area contributed by atoms with Crippen LogP contribution in [0.1, 0.15) is 31.9 Å². The predicted molar refractivity (Wildman–Crippen MR) is 115 cm³/mol. The molecule has 0 saturated carbocycles. The van der Waals surface area contributed by atoms with E-state index in [1.54, 1.807) is 45.0 Å². The van der Waals surface area contributed by atoms with Crippen LogP contribution in [-0.4, -0.2) is 26.0 Å². The Morgan fingerprint density at radius 1 is 1.03 bits per heavy atom. The summed E-state index contributed by atoms with van der Waals surface area (Å²) in [5.74, 6) is -0.439. The van der Waals surface area contributed by atoms with Crippen molar-refractivity contribution in [1.29, 1.82) is 0 Å². The molecule has 0 radical (unpaired) electrons. The molecular formula is C23H24F3N3O3. The van der Waals surface area contributed by atoms with E-state index in [0.717, 1.165) is 16.7 Å². The minimum atomic E-state index is -4.48. The normalized spacial score (nSPS) is 11.8. The monoisotopic (exact) mass is 447 g/mol. The standard InChI is InChI=1S/C23H24F3N3O3/c1-4-27-21(31)18-10-5-6-11-19(18)29(22(27)32)14-20(30)28(15(2)3)13-16-8-7-9-17(12-16)23(24,25)26/h5-12,15H,4,13-14H2,1-3H3. The zero-order valence-electron chi connectivity index (χ0n) is 18.0. The van der Waals surface area contributed by atoms with Gasteiger partial charge < -0.3 is 4.90 Å². The van der Waals surface area contributed by atoms with Crippen LogP contribution in [0, 0.1) is 0 Å². The van der Waals surface area contributed by atoms with Crippen molar-refractivity contribution in [1.82, 2.24) is 14.0 Å². The highest BCUT2D eigenvalue weighted by Crippen LogP contribution is 2.30. The van der Waals surface area contributed by atoms with Crippen LogP contribution in [0.15, 0.2) is 58.1 Å². The van der Waals surface area contributed by atoms with Gasteiger partial charge in [-0.25, -0.2) is 4.79 Å². The van der Waals surface area contributed by atoms with E-state index in [2.05, 4.69) is 0 Å². The summed E-state index contributed by atoms with van der Waals surface area (Å²) in [6.45, 7) is 4.93. The van der Waals surface area contributed by atoms with Gasteiger partial charge in [-0.2, -0.15) is 13.2 Å². The number of carbonyl (C=O) groups excluding carboxylic acids is 1. The average Bonchev–Trinajstić information content (AvgIpc) is 2.74. The van der Waals surface area contributed by atoms with Gasteiger partial charge >= 0.3 is 11.9 Å². The zero-order chi connectivity index (χ0) is 23.6. The molecule has 0 aliphatic heterocycles. The first-order valence-electron chi connectivity index (χ1n) is 10.2. The number of amides is 1. The molecule has 6 nitrogen and oxygen atoms in total. The highest BCUT2D eigenvalue weighted by molar-refractivity contribution is 5.81. The van der Waals surface area contributed by atoms with Crippen molar-refractivity contribution in [3.8, 4) is 0 Å². The number of nitrogens with zero attached hydrogens (tertiary/aromatic N) is 3. The molecule has 0 aliphatic carbocycles. The Balaban J connectivity index is 1.99. The number of rotatable bonds is 6. The summed E-state index contributed by atoms with van der Waals surface area (Å²) >= 11 is 0. The Morgan fingerprint density at radius 2 is 1.72 bits per heavy atom. The van der Waals surface area contributed by atoms with Crippen molar-refractivity contribution in [3.05, 3.63) is 80.5 Å². The van der Waals surface area contributed by atoms with Crippen LogP contribution in [0.2, 0.25) is 0 Å². The molecule has 0 unspecified atom stereocenters. The minimum Gasteiger partial charge on any atom is -0.334 e. The summed E-state index contributed by atoms with van der Waals surface area (Å²) in [6, 6.07) is 11.0. The molecule has 1 aromatic heterocycles. The van der Waals surface area contributed by atoms with E-state index in [9.17, 15) is 27.6 Å². The van der Waals surface area contributed by atoms with Gasteiger partial charge in [0.15, 0.2) is 0 Å². The third-order valence-electron chi connectivity index (χ3n) is 5.29. The number of carbonyl (C=O) groups is 1. The number of benzene rings is 2. The fourth-order valence-electron chi connectivity index (χ4n) is 3.63. The van der Waals surface area contributed by atoms with Crippen molar-refractivity contribution in [2.45, 2.75) is 52.6 Å². The molecule has 9 heteroatoms. The molecule has 170 valence electrons. The lowest BCUT2D eigenvalue weighted by atomic mass is 10.1. The number of alkyl halides is 3. The first-order valence-corrected chi connectivity index (χ1v) is 10.2. The Kier molecular flexibility index (Phi) is 6.57. The number of para-hydroxylation sites is 1. The fraction of sp³-hybridized carbons (Fsp3) is 0.348. The highest BCUT2D eigenvalue weighted by atomic mass is 19.4. The second-order valence-electron chi connectivity index (χ2n) is 7.75. The maximum atomic E-state index is 13.2. The third kappa shape index (κ3) is 4.61. The van der Waals surface area contributed by atoms with Crippen molar-refractivity contribution in [2.24, 2.45) is 0 Å². The van der Waals surface area contributed by atoms with Crippen LogP contribution in [0.5, 0.6) is 0 Å². The Labute approximate surface area is 182 Å². The van der Waals surface area contributed by atoms with Crippen LogP contribution in [0.3, 0.4) is 0 Å². The SMILES string of the molecule is CCn1c(=O)c2ccccc2n(CC(=O)N(Cc2cccc(C(F)(F)F)c2)C(C)C)c1=O. The Morgan fingerprint density at radius 3 is 2.34 bits per heavy atom. The van der Waals surface area contributed by atoms with Crippen molar-refractivity contribution in [2.75, 3.05) is 0 Å². The van der Waals surface area contributed by atoms with Crippen molar-refractivity contribution >= 4 is 16.8 Å². The molecule has 1 amide bonds. The molecule has 32 heavy (non-hydrogen) atoms. The van der Waals surface area contributed by atoms with Gasteiger partial charge in [0.1, 0.15) is 6.54 Å². The van der Waals surface area contributed by atoms with Gasteiger partial charge in [-0.3, -0.25) is 18.7 Å². The smallest absolute Gasteiger partial charge is 0.334 e. The fourth-order valence-corrected chi connectivity index (χ4v) is 3.63. The van der Waals surface area contributed by atoms with Gasteiger partial charge in [0, 0.05) is 19.1 Å². The second kappa shape index (κ2) is 9.02. The average molecular weight is 447 g/mol. The van der Waals surface area contributed by atoms with E-state index in [0.29, 0.717) is 16.5 Å². The molecule has 1 heterocycles. The number of aromatic nitrogens is 2. The van der Waals surface area contributed by atoms with Gasteiger partial charge in [0.25, 0.3) is 5.56 Å². The van der Waals surface area contributed by atoms with Crippen LogP contribution in [-0.2, 0) is 30.6 Å². The van der Waals surface area contributed by atoms with E-state index in [-0.39, 0.29) is 25.7 Å². The van der Waals surface area contributed by atoms with Crippen LogP contribution < -0.4 is 11.2 Å². The minimum absolute atomic E-state index is 0.0412. The number of halogens is 3. The predicted octanol–water partition coefficient (Wildman–Crippen LogP) is 3.64. The second-order valence-corrected chi connectivity index (χ2v) is 7.75.